The van der Waals surface area contributed by atoms with Crippen LogP contribution in [-0.4, -0.2) is 93.9 Å². The number of nitrogens with one attached hydrogen (secondary N) is 2. The molecule has 0 aliphatic carbocycles. The van der Waals surface area contributed by atoms with E-state index in [1.165, 1.54) is 17.0 Å². The number of carbonyl (C=O) groups excluding carboxylic acids is 2. The van der Waals surface area contributed by atoms with Crippen LogP contribution < -0.4 is 15.5 Å². The molecular weight excluding hydrogens is 582 g/mol. The largest absolute Gasteiger partial charge is 0.416 e. The minimum Gasteiger partial charge on any atom is -0.383 e. The van der Waals surface area contributed by atoms with E-state index in [1.807, 2.05) is 4.90 Å². The molecule has 2 aromatic rings. The van der Waals surface area contributed by atoms with Crippen molar-refractivity contribution in [2.75, 3.05) is 71.0 Å². The van der Waals surface area contributed by atoms with Gasteiger partial charge in [0.1, 0.15) is 6.04 Å². The van der Waals surface area contributed by atoms with Crippen LogP contribution in [0.1, 0.15) is 16.7 Å². The molecule has 2 aliphatic heterocycles. The average molecular weight is 617 g/mol. The summed E-state index contributed by atoms with van der Waals surface area (Å²) in [5.41, 5.74) is 1.34. The zero-order valence-electron chi connectivity index (χ0n) is 22.8. The molecule has 0 spiro atoms. The van der Waals surface area contributed by atoms with Crippen molar-refractivity contribution in [3.63, 3.8) is 0 Å². The maximum atomic E-state index is 13.8. The van der Waals surface area contributed by atoms with Gasteiger partial charge in [-0.1, -0.05) is 29.3 Å². The molecule has 8 nitrogen and oxygen atoms in total. The number of carbonyl (C=O) groups is 2. The third-order valence-electron chi connectivity index (χ3n) is 7.37. The summed E-state index contributed by atoms with van der Waals surface area (Å²) in [5.74, 6) is -0.192. The second kappa shape index (κ2) is 14.0. The van der Waals surface area contributed by atoms with Gasteiger partial charge in [0, 0.05) is 75.1 Å². The summed E-state index contributed by atoms with van der Waals surface area (Å²) in [6.07, 6.45) is -3.79. The first-order valence-electron chi connectivity index (χ1n) is 13.5. The molecule has 0 unspecified atom stereocenters. The lowest BCUT2D eigenvalue weighted by Gasteiger charge is -2.39. The highest BCUT2D eigenvalue weighted by molar-refractivity contribution is 6.35. The minimum atomic E-state index is -4.44. The molecule has 2 fully saturated rings. The highest BCUT2D eigenvalue weighted by Gasteiger charge is 2.37. The van der Waals surface area contributed by atoms with Gasteiger partial charge in [0.15, 0.2) is 0 Å². The molecule has 1 atom stereocenters. The van der Waals surface area contributed by atoms with Crippen LogP contribution in [0.25, 0.3) is 0 Å². The van der Waals surface area contributed by atoms with Gasteiger partial charge < -0.3 is 30.1 Å². The lowest BCUT2D eigenvalue weighted by atomic mass is 10.0. The smallest absolute Gasteiger partial charge is 0.383 e. The molecule has 13 heteroatoms. The number of ether oxygens (including phenoxy) is 1. The number of nitrogens with zero attached hydrogens (tertiary/aromatic N) is 3. The Morgan fingerprint density at radius 3 is 2.44 bits per heavy atom. The van der Waals surface area contributed by atoms with Crippen molar-refractivity contribution in [1.29, 1.82) is 0 Å². The van der Waals surface area contributed by atoms with Gasteiger partial charge in [-0.05, 0) is 54.4 Å². The van der Waals surface area contributed by atoms with Crippen molar-refractivity contribution < 1.29 is 27.5 Å². The number of urea groups is 1. The normalized spacial score (nSPS) is 16.7. The molecule has 2 aromatic carbocycles. The Morgan fingerprint density at radius 1 is 1.05 bits per heavy atom. The molecule has 41 heavy (non-hydrogen) atoms. The molecule has 3 amide bonds. The Balaban J connectivity index is 1.47. The summed E-state index contributed by atoms with van der Waals surface area (Å²) < 4.78 is 45.4. The van der Waals surface area contributed by atoms with Crippen molar-refractivity contribution in [3.8, 4) is 0 Å². The van der Waals surface area contributed by atoms with Gasteiger partial charge in [0.25, 0.3) is 0 Å². The average Bonchev–Trinajstić information content (AvgIpc) is 3.37. The zero-order valence-corrected chi connectivity index (χ0v) is 24.3. The van der Waals surface area contributed by atoms with E-state index in [0.717, 1.165) is 11.8 Å². The summed E-state index contributed by atoms with van der Waals surface area (Å²) in [6, 6.07) is 7.84. The Labute approximate surface area is 247 Å². The lowest BCUT2D eigenvalue weighted by molar-refractivity contribution is -0.138. The van der Waals surface area contributed by atoms with Gasteiger partial charge in [0.2, 0.25) is 5.91 Å². The number of methoxy groups -OCH3 is 1. The van der Waals surface area contributed by atoms with E-state index in [-0.39, 0.29) is 18.4 Å². The summed E-state index contributed by atoms with van der Waals surface area (Å²) in [5, 5.41) is 6.84. The Kier molecular flexibility index (Phi) is 10.6. The van der Waals surface area contributed by atoms with Gasteiger partial charge >= 0.3 is 12.2 Å². The highest BCUT2D eigenvalue weighted by atomic mass is 35.5. The summed E-state index contributed by atoms with van der Waals surface area (Å²) >= 11 is 12.4. The van der Waals surface area contributed by atoms with E-state index in [1.54, 1.807) is 30.2 Å². The third kappa shape index (κ3) is 7.97. The zero-order chi connectivity index (χ0) is 29.6. The van der Waals surface area contributed by atoms with Gasteiger partial charge in [-0.3, -0.25) is 4.79 Å². The van der Waals surface area contributed by atoms with Crippen LogP contribution in [0.3, 0.4) is 0 Å². The van der Waals surface area contributed by atoms with Crippen LogP contribution in [0, 0.1) is 0 Å². The van der Waals surface area contributed by atoms with Crippen LogP contribution in [0.15, 0.2) is 36.4 Å². The van der Waals surface area contributed by atoms with Gasteiger partial charge in [-0.2, -0.15) is 13.2 Å². The van der Waals surface area contributed by atoms with E-state index in [0.29, 0.717) is 86.6 Å². The molecule has 0 aromatic heterocycles. The maximum absolute atomic E-state index is 13.8. The fourth-order valence-corrected chi connectivity index (χ4v) is 5.67. The lowest BCUT2D eigenvalue weighted by Crippen LogP contribution is -2.56. The van der Waals surface area contributed by atoms with E-state index in [4.69, 9.17) is 27.9 Å². The molecule has 2 aliphatic rings. The van der Waals surface area contributed by atoms with Gasteiger partial charge in [-0.15, -0.1) is 0 Å². The van der Waals surface area contributed by atoms with Gasteiger partial charge in [0.05, 0.1) is 12.2 Å². The number of benzene rings is 2. The highest BCUT2D eigenvalue weighted by Crippen LogP contribution is 2.34. The number of hydrogen-bond donors (Lipinski definition) is 2. The standard InChI is InChI=1S/C28H34Cl2F3N5O3/c1-41-15-9-34-7-6-20-16-21(28(31,32)33)3-5-24(20)36-11-13-37(14-12-36)26(39)25(38-10-8-35-27(38)40)17-19-2-4-22(29)18-23(19)30/h2-5,16,18,25,34H,6-15,17H2,1H3,(H,35,40)/t25-/m0/s1. The molecule has 2 N–H and O–H groups in total. The predicted molar refractivity (Wildman–Crippen MR) is 153 cm³/mol. The topological polar surface area (TPSA) is 77.2 Å². The summed E-state index contributed by atoms with van der Waals surface area (Å²) in [4.78, 5) is 31.6. The monoisotopic (exact) mass is 615 g/mol. The SMILES string of the molecule is COCCNCCc1cc(C(F)(F)F)ccc1N1CCN(C(=O)[C@H](Cc2ccc(Cl)cc2Cl)N2CCNC2=O)CC1. The summed E-state index contributed by atoms with van der Waals surface area (Å²) in [6.45, 7) is 4.08. The molecule has 224 valence electrons. The fourth-order valence-electron chi connectivity index (χ4n) is 5.18. The number of halogens is 5. The molecule has 2 heterocycles. The van der Waals surface area contributed by atoms with Crippen LogP contribution in [0.5, 0.6) is 0 Å². The molecule has 2 saturated heterocycles. The number of rotatable bonds is 11. The first kappa shape index (κ1) is 31.2. The minimum absolute atomic E-state index is 0.192. The van der Waals surface area contributed by atoms with E-state index in [9.17, 15) is 22.8 Å². The quantitative estimate of drug-likeness (QED) is 0.373. The van der Waals surface area contributed by atoms with Gasteiger partial charge in [-0.25, -0.2) is 4.79 Å². The number of piperazine rings is 1. The third-order valence-corrected chi connectivity index (χ3v) is 7.96. The Hall–Kier alpha value is -2.73. The van der Waals surface area contributed by atoms with E-state index < -0.39 is 17.8 Å². The van der Waals surface area contributed by atoms with Crippen molar-refractivity contribution in [1.82, 2.24) is 20.4 Å². The second-order valence-electron chi connectivity index (χ2n) is 10.0. The maximum Gasteiger partial charge on any atom is 0.416 e. The molecule has 0 radical (unpaired) electrons. The van der Waals surface area contributed by atoms with E-state index >= 15 is 0 Å². The molecule has 4 rings (SSSR count). The predicted octanol–water partition coefficient (Wildman–Crippen LogP) is 4.08. The number of hydrogen-bond acceptors (Lipinski definition) is 5. The van der Waals surface area contributed by atoms with Crippen LogP contribution in [0.2, 0.25) is 10.0 Å². The Morgan fingerprint density at radius 2 is 1.80 bits per heavy atom. The molecule has 0 bridgehead atoms. The number of amides is 3. The molecule has 0 saturated carbocycles. The second-order valence-corrected chi connectivity index (χ2v) is 10.9. The summed E-state index contributed by atoms with van der Waals surface area (Å²) in [7, 11) is 1.59. The number of alkyl halides is 3. The first-order chi connectivity index (χ1) is 19.6. The van der Waals surface area contributed by atoms with Crippen molar-refractivity contribution in [2.45, 2.75) is 25.1 Å². The fraction of sp³-hybridized carbons (Fsp3) is 0.500. The molecular formula is C28H34Cl2F3N5O3. The van der Waals surface area contributed by atoms with Crippen LogP contribution in [0.4, 0.5) is 23.7 Å². The van der Waals surface area contributed by atoms with Crippen molar-refractivity contribution in [3.05, 3.63) is 63.1 Å². The Bertz CT molecular complexity index is 1220. The van der Waals surface area contributed by atoms with Crippen LogP contribution >= 0.6 is 23.2 Å². The van der Waals surface area contributed by atoms with Crippen LogP contribution in [-0.2, 0) is 28.5 Å². The first-order valence-corrected chi connectivity index (χ1v) is 14.3. The van der Waals surface area contributed by atoms with E-state index in [2.05, 4.69) is 10.6 Å². The number of anilines is 1. The van der Waals surface area contributed by atoms with Crippen molar-refractivity contribution >= 4 is 40.8 Å². The van der Waals surface area contributed by atoms with Crippen molar-refractivity contribution in [2.24, 2.45) is 0 Å².